The van der Waals surface area contributed by atoms with Crippen LogP contribution in [0.3, 0.4) is 0 Å². The Morgan fingerprint density at radius 1 is 1.50 bits per heavy atom. The van der Waals surface area contributed by atoms with Crippen molar-refractivity contribution in [1.29, 1.82) is 0 Å². The molecule has 0 aliphatic rings. The molecule has 2 heterocycles. The van der Waals surface area contributed by atoms with Crippen molar-refractivity contribution in [2.24, 2.45) is 5.92 Å². The van der Waals surface area contributed by atoms with Gasteiger partial charge < -0.3 is 10.4 Å². The smallest absolute Gasteiger partial charge is 0.226 e. The Balaban J connectivity index is 1.91. The third-order valence-corrected chi connectivity index (χ3v) is 3.65. The molecule has 20 heavy (non-hydrogen) atoms. The van der Waals surface area contributed by atoms with Crippen molar-refractivity contribution < 1.29 is 9.90 Å². The number of carbonyl (C=O) groups is 1. The van der Waals surface area contributed by atoms with Crippen molar-refractivity contribution in [2.75, 3.05) is 13.2 Å². The van der Waals surface area contributed by atoms with E-state index in [0.717, 1.165) is 16.4 Å². The zero-order valence-electron chi connectivity index (χ0n) is 11.2. The van der Waals surface area contributed by atoms with Gasteiger partial charge in [-0.3, -0.25) is 9.78 Å². The number of nitrogens with one attached hydrogen (secondary N) is 1. The maximum Gasteiger partial charge on any atom is 0.226 e. The molecule has 6 heteroatoms. The van der Waals surface area contributed by atoms with Crippen LogP contribution >= 0.6 is 11.3 Å². The van der Waals surface area contributed by atoms with Crippen molar-refractivity contribution in [1.82, 2.24) is 15.3 Å². The highest BCUT2D eigenvalue weighted by atomic mass is 32.1. The molecule has 0 radical (unpaired) electrons. The molecule has 2 aromatic rings. The summed E-state index contributed by atoms with van der Waals surface area (Å²) < 4.78 is 0. The molecule has 1 amide bonds. The quantitative estimate of drug-likeness (QED) is 0.845. The normalized spacial score (nSPS) is 12.1. The van der Waals surface area contributed by atoms with E-state index in [1.165, 1.54) is 11.3 Å². The fourth-order valence-electron chi connectivity index (χ4n) is 1.57. The van der Waals surface area contributed by atoms with Crippen LogP contribution in [0.25, 0.3) is 10.7 Å². The van der Waals surface area contributed by atoms with Crippen LogP contribution in [0.4, 0.5) is 0 Å². The number of aliphatic hydroxyl groups is 1. The lowest BCUT2D eigenvalue weighted by molar-refractivity contribution is -0.120. The SMILES string of the molecule is CC(CO)CNC(=O)Cc1csc(-c2ccccn2)n1. The first-order chi connectivity index (χ1) is 9.69. The summed E-state index contributed by atoms with van der Waals surface area (Å²) in [5, 5.41) is 14.4. The molecule has 106 valence electrons. The van der Waals surface area contributed by atoms with Crippen LogP contribution in [0.15, 0.2) is 29.8 Å². The molecule has 0 saturated heterocycles. The van der Waals surface area contributed by atoms with Gasteiger partial charge in [0.2, 0.25) is 5.91 Å². The van der Waals surface area contributed by atoms with Gasteiger partial charge in [0.15, 0.2) is 0 Å². The van der Waals surface area contributed by atoms with Gasteiger partial charge in [0.25, 0.3) is 0 Å². The predicted octanol–water partition coefficient (Wildman–Crippen LogP) is 1.49. The number of amides is 1. The average molecular weight is 291 g/mol. The van der Waals surface area contributed by atoms with E-state index in [1.54, 1.807) is 6.20 Å². The van der Waals surface area contributed by atoms with E-state index in [4.69, 9.17) is 5.11 Å². The van der Waals surface area contributed by atoms with Crippen LogP contribution in [0.1, 0.15) is 12.6 Å². The molecular formula is C14H17N3O2S. The maximum atomic E-state index is 11.7. The molecule has 0 spiro atoms. The summed E-state index contributed by atoms with van der Waals surface area (Å²) in [5.74, 6) is -0.0124. The minimum atomic E-state index is -0.0804. The summed E-state index contributed by atoms with van der Waals surface area (Å²) in [7, 11) is 0. The van der Waals surface area contributed by atoms with Crippen molar-refractivity contribution in [2.45, 2.75) is 13.3 Å². The molecule has 2 aromatic heterocycles. The van der Waals surface area contributed by atoms with Crippen molar-refractivity contribution in [3.05, 3.63) is 35.5 Å². The number of hydrogen-bond acceptors (Lipinski definition) is 5. The van der Waals surface area contributed by atoms with E-state index in [1.807, 2.05) is 30.5 Å². The third kappa shape index (κ3) is 4.11. The van der Waals surface area contributed by atoms with Crippen LogP contribution in [0.5, 0.6) is 0 Å². The number of hydrogen-bond donors (Lipinski definition) is 2. The number of thiazole rings is 1. The van der Waals surface area contributed by atoms with Crippen LogP contribution in [-0.2, 0) is 11.2 Å². The van der Waals surface area contributed by atoms with Gasteiger partial charge in [-0.25, -0.2) is 4.98 Å². The van der Waals surface area contributed by atoms with Gasteiger partial charge in [-0.05, 0) is 18.1 Å². The van der Waals surface area contributed by atoms with Crippen LogP contribution < -0.4 is 5.32 Å². The largest absolute Gasteiger partial charge is 0.396 e. The fraction of sp³-hybridized carbons (Fsp3) is 0.357. The Hall–Kier alpha value is -1.79. The Kier molecular flexibility index (Phi) is 5.20. The van der Waals surface area contributed by atoms with Gasteiger partial charge in [0, 0.05) is 24.7 Å². The Morgan fingerprint density at radius 2 is 2.35 bits per heavy atom. The predicted molar refractivity (Wildman–Crippen MR) is 78.3 cm³/mol. The minimum absolute atomic E-state index is 0.0680. The summed E-state index contributed by atoms with van der Waals surface area (Å²) in [6, 6.07) is 5.66. The highest BCUT2D eigenvalue weighted by Gasteiger charge is 2.10. The molecule has 0 saturated carbocycles. The monoisotopic (exact) mass is 291 g/mol. The standard InChI is InChI=1S/C14H17N3O2S/c1-10(8-18)7-16-13(19)6-11-9-20-14(17-11)12-4-2-3-5-15-12/h2-5,9-10,18H,6-8H2,1H3,(H,16,19). The van der Waals surface area contributed by atoms with E-state index >= 15 is 0 Å². The van der Waals surface area contributed by atoms with E-state index in [-0.39, 0.29) is 24.9 Å². The zero-order chi connectivity index (χ0) is 14.4. The number of carbonyl (C=O) groups excluding carboxylic acids is 1. The van der Waals surface area contributed by atoms with Gasteiger partial charge in [-0.15, -0.1) is 11.3 Å². The van der Waals surface area contributed by atoms with Gasteiger partial charge in [-0.2, -0.15) is 0 Å². The second kappa shape index (κ2) is 7.12. The highest BCUT2D eigenvalue weighted by molar-refractivity contribution is 7.13. The first-order valence-electron chi connectivity index (χ1n) is 6.42. The summed E-state index contributed by atoms with van der Waals surface area (Å²) >= 11 is 1.48. The maximum absolute atomic E-state index is 11.7. The van der Waals surface area contributed by atoms with E-state index in [2.05, 4.69) is 15.3 Å². The van der Waals surface area contributed by atoms with E-state index < -0.39 is 0 Å². The molecule has 2 N–H and O–H groups in total. The number of aliphatic hydroxyl groups excluding tert-OH is 1. The lowest BCUT2D eigenvalue weighted by Crippen LogP contribution is -2.30. The first-order valence-corrected chi connectivity index (χ1v) is 7.30. The molecule has 5 nitrogen and oxygen atoms in total. The van der Waals surface area contributed by atoms with Gasteiger partial charge in [0.1, 0.15) is 5.01 Å². The van der Waals surface area contributed by atoms with Crippen molar-refractivity contribution in [3.63, 3.8) is 0 Å². The summed E-state index contributed by atoms with van der Waals surface area (Å²) in [6.45, 7) is 2.43. The fourth-order valence-corrected chi connectivity index (χ4v) is 2.37. The summed E-state index contributed by atoms with van der Waals surface area (Å²) in [5.41, 5.74) is 1.56. The molecule has 0 aliphatic carbocycles. The second-order valence-electron chi connectivity index (χ2n) is 4.63. The van der Waals surface area contributed by atoms with Crippen molar-refractivity contribution >= 4 is 17.2 Å². The summed E-state index contributed by atoms with van der Waals surface area (Å²) in [4.78, 5) is 20.4. The lowest BCUT2D eigenvalue weighted by atomic mass is 10.2. The third-order valence-electron chi connectivity index (χ3n) is 2.74. The Labute approximate surface area is 121 Å². The minimum Gasteiger partial charge on any atom is -0.396 e. The topological polar surface area (TPSA) is 75.1 Å². The van der Waals surface area contributed by atoms with Crippen molar-refractivity contribution in [3.8, 4) is 10.7 Å². The Bertz CT molecular complexity index is 557. The number of nitrogens with zero attached hydrogens (tertiary/aromatic N) is 2. The molecule has 0 fully saturated rings. The lowest BCUT2D eigenvalue weighted by Gasteiger charge is -2.08. The number of rotatable bonds is 6. The molecule has 1 unspecified atom stereocenters. The van der Waals surface area contributed by atoms with Gasteiger partial charge in [-0.1, -0.05) is 13.0 Å². The molecule has 0 bridgehead atoms. The molecule has 1 atom stereocenters. The number of aromatic nitrogens is 2. The zero-order valence-corrected chi connectivity index (χ0v) is 12.1. The average Bonchev–Trinajstić information content (AvgIpc) is 2.94. The van der Waals surface area contributed by atoms with Gasteiger partial charge in [0.05, 0.1) is 17.8 Å². The van der Waals surface area contributed by atoms with Crippen LogP contribution in [0.2, 0.25) is 0 Å². The first kappa shape index (κ1) is 14.6. The van der Waals surface area contributed by atoms with E-state index in [0.29, 0.717) is 6.54 Å². The Morgan fingerprint density at radius 3 is 3.05 bits per heavy atom. The summed E-state index contributed by atoms with van der Waals surface area (Å²) in [6.07, 6.45) is 1.97. The van der Waals surface area contributed by atoms with E-state index in [9.17, 15) is 4.79 Å². The molecule has 2 rings (SSSR count). The number of pyridine rings is 1. The molecule has 0 aliphatic heterocycles. The van der Waals surface area contributed by atoms with Crippen LogP contribution in [-0.4, -0.2) is 34.1 Å². The molecule has 0 aromatic carbocycles. The highest BCUT2D eigenvalue weighted by Crippen LogP contribution is 2.21. The van der Waals surface area contributed by atoms with Crippen LogP contribution in [0, 0.1) is 5.92 Å². The molecular weight excluding hydrogens is 274 g/mol. The second-order valence-corrected chi connectivity index (χ2v) is 5.49. The van der Waals surface area contributed by atoms with Gasteiger partial charge >= 0.3 is 0 Å².